The molecule has 0 fully saturated rings. The van der Waals surface area contributed by atoms with Crippen LogP contribution in [0.15, 0.2) is 55.0 Å². The zero-order valence-electron chi connectivity index (χ0n) is 11.9. The Balaban J connectivity index is 1.95. The normalized spacial score (nSPS) is 11.2. The van der Waals surface area contributed by atoms with Gasteiger partial charge in [-0.2, -0.15) is 5.10 Å². The van der Waals surface area contributed by atoms with Gasteiger partial charge in [0.15, 0.2) is 5.65 Å². The van der Waals surface area contributed by atoms with Crippen LogP contribution in [0.2, 0.25) is 0 Å². The second kappa shape index (κ2) is 4.99. The van der Waals surface area contributed by atoms with Gasteiger partial charge in [0, 0.05) is 41.5 Å². The molecule has 0 saturated heterocycles. The molecule has 6 heteroatoms. The number of aryl methyl sites for hydroxylation is 1. The lowest BCUT2D eigenvalue weighted by Gasteiger charge is -2.01. The Kier molecular flexibility index (Phi) is 2.97. The lowest BCUT2D eigenvalue weighted by atomic mass is 10.1. The molecule has 0 aliphatic rings. The van der Waals surface area contributed by atoms with Crippen molar-refractivity contribution in [2.24, 2.45) is 7.05 Å². The van der Waals surface area contributed by atoms with E-state index in [2.05, 4.69) is 28.1 Å². The summed E-state index contributed by atoms with van der Waals surface area (Å²) >= 11 is 4.44. The van der Waals surface area contributed by atoms with Gasteiger partial charge in [-0.3, -0.25) is 8.65 Å². The molecule has 0 aliphatic heterocycles. The molecule has 0 spiro atoms. The van der Waals surface area contributed by atoms with E-state index in [1.807, 2.05) is 62.0 Å². The first kappa shape index (κ1) is 13.1. The number of hydrogen-bond acceptors (Lipinski definition) is 4. The maximum Gasteiger partial charge on any atom is 0.173 e. The highest BCUT2D eigenvalue weighted by molar-refractivity contribution is 7.78. The van der Waals surface area contributed by atoms with Crippen LogP contribution in [0.25, 0.3) is 33.4 Å². The van der Waals surface area contributed by atoms with E-state index in [0.717, 1.165) is 33.4 Å². The predicted molar refractivity (Wildman–Crippen MR) is 89.6 cm³/mol. The molecule has 0 atom stereocenters. The standard InChI is InChI=1S/C16H13N5S/c1-20-9-12(8-17-20)14-10-21(22)16-13(14)7-15(18-19-16)11-5-3-2-4-6-11/h2-10,22H,1H3. The van der Waals surface area contributed by atoms with Crippen molar-refractivity contribution in [3.8, 4) is 22.4 Å². The summed E-state index contributed by atoms with van der Waals surface area (Å²) in [7, 11) is 1.90. The summed E-state index contributed by atoms with van der Waals surface area (Å²) in [6, 6.07) is 12.1. The third-order valence-corrected chi connectivity index (χ3v) is 3.92. The van der Waals surface area contributed by atoms with E-state index < -0.39 is 0 Å². The fourth-order valence-corrected chi connectivity index (χ4v) is 2.81. The van der Waals surface area contributed by atoms with Crippen LogP contribution in [0, 0.1) is 0 Å². The van der Waals surface area contributed by atoms with Gasteiger partial charge in [-0.05, 0) is 6.07 Å². The summed E-state index contributed by atoms with van der Waals surface area (Å²) in [4.78, 5) is 0. The number of nitrogens with zero attached hydrogens (tertiary/aromatic N) is 5. The van der Waals surface area contributed by atoms with Crippen molar-refractivity contribution in [2.75, 3.05) is 0 Å². The molecule has 0 bridgehead atoms. The molecule has 5 nitrogen and oxygen atoms in total. The number of rotatable bonds is 2. The molecule has 4 aromatic rings. The Morgan fingerprint density at radius 2 is 1.82 bits per heavy atom. The van der Waals surface area contributed by atoms with Crippen molar-refractivity contribution in [2.45, 2.75) is 0 Å². The SMILES string of the molecule is Cn1cc(-c2cn(S)c3nnc(-c4ccccc4)cc23)cn1. The zero-order valence-corrected chi connectivity index (χ0v) is 12.8. The van der Waals surface area contributed by atoms with Gasteiger partial charge in [-0.25, -0.2) is 0 Å². The quantitative estimate of drug-likeness (QED) is 0.579. The summed E-state index contributed by atoms with van der Waals surface area (Å²) < 4.78 is 3.48. The molecule has 0 radical (unpaired) electrons. The van der Waals surface area contributed by atoms with Crippen molar-refractivity contribution >= 4 is 23.8 Å². The van der Waals surface area contributed by atoms with Gasteiger partial charge in [-0.1, -0.05) is 43.1 Å². The maximum absolute atomic E-state index is 4.44. The van der Waals surface area contributed by atoms with Crippen LogP contribution in [0.5, 0.6) is 0 Å². The number of thiol groups is 1. The fourth-order valence-electron chi connectivity index (χ4n) is 2.55. The molecule has 3 aromatic heterocycles. The minimum absolute atomic E-state index is 0.738. The molecular weight excluding hydrogens is 294 g/mol. The van der Waals surface area contributed by atoms with E-state index in [-0.39, 0.29) is 0 Å². The molecule has 0 aliphatic carbocycles. The van der Waals surface area contributed by atoms with Crippen molar-refractivity contribution in [3.05, 3.63) is 55.0 Å². The Hall–Kier alpha value is -2.60. The van der Waals surface area contributed by atoms with Gasteiger partial charge in [0.25, 0.3) is 0 Å². The molecule has 3 heterocycles. The van der Waals surface area contributed by atoms with E-state index in [1.54, 1.807) is 8.65 Å². The van der Waals surface area contributed by atoms with Crippen LogP contribution in [-0.2, 0) is 7.05 Å². The lowest BCUT2D eigenvalue weighted by Crippen LogP contribution is -1.90. The first-order valence-electron chi connectivity index (χ1n) is 6.85. The Morgan fingerprint density at radius 3 is 2.55 bits per heavy atom. The summed E-state index contributed by atoms with van der Waals surface area (Å²) in [6.07, 6.45) is 5.75. The van der Waals surface area contributed by atoms with Gasteiger partial charge in [0.2, 0.25) is 0 Å². The van der Waals surface area contributed by atoms with Crippen LogP contribution >= 0.6 is 12.8 Å². The van der Waals surface area contributed by atoms with Gasteiger partial charge < -0.3 is 0 Å². The van der Waals surface area contributed by atoms with Gasteiger partial charge in [0.1, 0.15) is 0 Å². The van der Waals surface area contributed by atoms with Gasteiger partial charge in [0.05, 0.1) is 11.9 Å². The summed E-state index contributed by atoms with van der Waals surface area (Å²) in [5.41, 5.74) is 4.71. The van der Waals surface area contributed by atoms with Crippen LogP contribution < -0.4 is 0 Å². The average Bonchev–Trinajstić information content (AvgIpc) is 3.12. The van der Waals surface area contributed by atoms with Crippen LogP contribution in [-0.4, -0.2) is 24.0 Å². The highest BCUT2D eigenvalue weighted by Crippen LogP contribution is 2.31. The Morgan fingerprint density at radius 1 is 1.00 bits per heavy atom. The Bertz CT molecular complexity index is 955. The fraction of sp³-hybridized carbons (Fsp3) is 0.0625. The van der Waals surface area contributed by atoms with Crippen molar-refractivity contribution < 1.29 is 0 Å². The molecule has 0 amide bonds. The van der Waals surface area contributed by atoms with Crippen molar-refractivity contribution in [1.29, 1.82) is 0 Å². The van der Waals surface area contributed by atoms with Gasteiger partial charge >= 0.3 is 0 Å². The highest BCUT2D eigenvalue weighted by atomic mass is 32.1. The summed E-state index contributed by atoms with van der Waals surface area (Å²) in [5.74, 6) is 0. The Labute approximate surface area is 132 Å². The number of benzene rings is 1. The van der Waals surface area contributed by atoms with E-state index >= 15 is 0 Å². The third kappa shape index (κ3) is 2.08. The smallest absolute Gasteiger partial charge is 0.173 e. The molecule has 1 aromatic carbocycles. The molecular formula is C16H13N5S. The maximum atomic E-state index is 4.44. The molecule has 108 valence electrons. The van der Waals surface area contributed by atoms with Crippen molar-refractivity contribution in [3.63, 3.8) is 0 Å². The second-order valence-corrected chi connectivity index (χ2v) is 5.55. The number of aromatic nitrogens is 5. The third-order valence-electron chi connectivity index (χ3n) is 3.62. The average molecular weight is 307 g/mol. The number of hydrogen-bond donors (Lipinski definition) is 1. The van der Waals surface area contributed by atoms with Crippen LogP contribution in [0.1, 0.15) is 0 Å². The van der Waals surface area contributed by atoms with E-state index in [4.69, 9.17) is 0 Å². The van der Waals surface area contributed by atoms with E-state index in [1.165, 1.54) is 0 Å². The molecule has 4 rings (SSSR count). The highest BCUT2D eigenvalue weighted by Gasteiger charge is 2.13. The molecule has 22 heavy (non-hydrogen) atoms. The topological polar surface area (TPSA) is 48.5 Å². The van der Waals surface area contributed by atoms with Crippen LogP contribution in [0.3, 0.4) is 0 Å². The first-order chi connectivity index (χ1) is 10.7. The first-order valence-corrected chi connectivity index (χ1v) is 7.25. The summed E-state index contributed by atoms with van der Waals surface area (Å²) in [5, 5.41) is 13.9. The van der Waals surface area contributed by atoms with E-state index in [0.29, 0.717) is 0 Å². The minimum atomic E-state index is 0.738. The van der Waals surface area contributed by atoms with Crippen molar-refractivity contribution in [1.82, 2.24) is 24.0 Å². The zero-order chi connectivity index (χ0) is 15.1. The summed E-state index contributed by atoms with van der Waals surface area (Å²) in [6.45, 7) is 0. The van der Waals surface area contributed by atoms with E-state index in [9.17, 15) is 0 Å². The number of fused-ring (bicyclic) bond motifs is 1. The second-order valence-electron chi connectivity index (χ2n) is 5.12. The molecule has 0 N–H and O–H groups in total. The van der Waals surface area contributed by atoms with Gasteiger partial charge in [-0.15, -0.1) is 10.2 Å². The monoisotopic (exact) mass is 307 g/mol. The largest absolute Gasteiger partial charge is 0.276 e. The minimum Gasteiger partial charge on any atom is -0.276 e. The van der Waals surface area contributed by atoms with Crippen LogP contribution in [0.4, 0.5) is 0 Å². The molecule has 0 saturated carbocycles. The lowest BCUT2D eigenvalue weighted by molar-refractivity contribution is 0.768. The molecule has 0 unspecified atom stereocenters. The predicted octanol–water partition coefficient (Wildman–Crippen LogP) is 3.19.